The number of carboxylic acid groups (broad SMARTS) is 1. The number of H-pyrrole nitrogens is 1. The number of pyridine rings is 2. The topological polar surface area (TPSA) is 255 Å². The third-order valence-electron chi connectivity index (χ3n) is 6.62. The molecule has 0 radical (unpaired) electrons. The molecule has 0 unspecified atom stereocenters. The van der Waals surface area contributed by atoms with Gasteiger partial charge in [0.2, 0.25) is 5.43 Å². The van der Waals surface area contributed by atoms with Crippen LogP contribution in [0.5, 0.6) is 5.75 Å². The van der Waals surface area contributed by atoms with Gasteiger partial charge in [0.25, 0.3) is 22.9 Å². The maximum absolute atomic E-state index is 13.4. The summed E-state index contributed by atoms with van der Waals surface area (Å²) in [6.07, 6.45) is 2.74. The molecule has 2 amide bonds. The number of nitrogens with zero attached hydrogens (tertiary/aromatic N) is 6. The van der Waals surface area contributed by atoms with Crippen LogP contribution in [0.25, 0.3) is 11.6 Å². The van der Waals surface area contributed by atoms with E-state index in [9.17, 15) is 29.4 Å². The number of nitrogens with one attached hydrogen (secondary N) is 2. The van der Waals surface area contributed by atoms with Crippen molar-refractivity contribution < 1.29 is 63.4 Å². The number of amides is 2. The largest absolute Gasteiger partial charge is 1.00 e. The first-order valence-electron chi connectivity index (χ1n) is 13.7. The Labute approximate surface area is 314 Å². The smallest absolute Gasteiger partial charge is 0.543 e. The molecule has 2 aliphatic rings. The number of thioether (sulfide) groups is 3. The van der Waals surface area contributed by atoms with Crippen LogP contribution in [-0.2, 0) is 19.2 Å². The van der Waals surface area contributed by atoms with Gasteiger partial charge in [0, 0.05) is 41.1 Å². The molecule has 0 aliphatic carbocycles. The molecule has 22 heteroatoms. The molecule has 0 saturated carbocycles. The molecule has 0 aromatic carbocycles. The summed E-state index contributed by atoms with van der Waals surface area (Å²) in [6, 6.07) is 5.48. The van der Waals surface area contributed by atoms with Crippen LogP contribution in [0.1, 0.15) is 5.69 Å². The van der Waals surface area contributed by atoms with E-state index in [2.05, 4.69) is 35.6 Å². The first kappa shape index (κ1) is 36.4. The second-order valence-electron chi connectivity index (χ2n) is 9.72. The third-order valence-corrected chi connectivity index (χ3v) is 10.5. The molecule has 4 aromatic rings. The summed E-state index contributed by atoms with van der Waals surface area (Å²) in [5.41, 5.74) is 5.58. The molecule has 2 aliphatic heterocycles. The van der Waals surface area contributed by atoms with Gasteiger partial charge in [0.05, 0.1) is 16.7 Å². The van der Waals surface area contributed by atoms with Crippen molar-refractivity contribution in [2.75, 3.05) is 29.6 Å². The van der Waals surface area contributed by atoms with Gasteiger partial charge in [0.1, 0.15) is 29.4 Å². The first-order chi connectivity index (χ1) is 23.2. The van der Waals surface area contributed by atoms with E-state index in [0.717, 1.165) is 40.3 Å². The van der Waals surface area contributed by atoms with E-state index in [1.165, 1.54) is 28.9 Å². The third kappa shape index (κ3) is 8.31. The van der Waals surface area contributed by atoms with Gasteiger partial charge in [-0.1, -0.05) is 23.0 Å². The van der Waals surface area contributed by atoms with Gasteiger partial charge in [-0.05, 0) is 17.7 Å². The number of aromatic nitrogens is 5. The molecule has 2 atom stereocenters. The molecule has 17 nitrogen and oxygen atoms in total. The maximum atomic E-state index is 13.4. The molecule has 49 heavy (non-hydrogen) atoms. The molecular weight excluding hydrogens is 730 g/mol. The number of anilines is 1. The number of β-lactam (4-membered cyclic amide) rings is 1. The van der Waals surface area contributed by atoms with E-state index in [-0.39, 0.29) is 81.0 Å². The van der Waals surface area contributed by atoms with E-state index >= 15 is 0 Å². The number of aliphatic carboxylic acids is 1. The molecule has 6 rings (SSSR count). The molecule has 1 fully saturated rings. The second-order valence-corrected chi connectivity index (χ2v) is 13.8. The first-order valence-corrected chi connectivity index (χ1v) is 17.6. The van der Waals surface area contributed by atoms with E-state index in [1.54, 1.807) is 18.3 Å². The Hall–Kier alpha value is -3.86. The summed E-state index contributed by atoms with van der Waals surface area (Å²) >= 11 is 4.86. The van der Waals surface area contributed by atoms with Crippen LogP contribution in [0.15, 0.2) is 77.9 Å². The van der Waals surface area contributed by atoms with Crippen molar-refractivity contribution in [1.82, 2.24) is 35.4 Å². The molecular formula is C27H22N9NaO8S4. The fourth-order valence-electron chi connectivity index (χ4n) is 4.43. The molecule has 5 N–H and O–H groups in total. The van der Waals surface area contributed by atoms with Crippen LogP contribution in [0.4, 0.5) is 5.13 Å². The van der Waals surface area contributed by atoms with Crippen LogP contribution in [0.3, 0.4) is 0 Å². The van der Waals surface area contributed by atoms with Gasteiger partial charge in [-0.2, -0.15) is 0 Å². The van der Waals surface area contributed by atoms with Crippen LogP contribution >= 0.6 is 46.6 Å². The number of hydrogen-bond acceptors (Lipinski definition) is 18. The fourth-order valence-corrected chi connectivity index (χ4v) is 7.89. The number of thiazole rings is 1. The van der Waals surface area contributed by atoms with Crippen molar-refractivity contribution in [3.8, 4) is 17.3 Å². The minimum atomic E-state index is -1.48. The van der Waals surface area contributed by atoms with Gasteiger partial charge >= 0.3 is 29.6 Å². The van der Waals surface area contributed by atoms with Gasteiger partial charge in [0.15, 0.2) is 16.6 Å². The van der Waals surface area contributed by atoms with Crippen molar-refractivity contribution >= 4 is 75.2 Å². The van der Waals surface area contributed by atoms with Crippen LogP contribution in [0, 0.1) is 0 Å². The predicted molar refractivity (Wildman–Crippen MR) is 174 cm³/mol. The number of nitrogen functional groups attached to an aromatic ring is 1. The Kier molecular flexibility index (Phi) is 12.1. The Bertz CT molecular complexity index is 1990. The van der Waals surface area contributed by atoms with Gasteiger partial charge in [-0.15, -0.1) is 45.1 Å². The average Bonchev–Trinajstić information content (AvgIpc) is 3.74. The molecule has 248 valence electrons. The van der Waals surface area contributed by atoms with Crippen molar-refractivity contribution in [2.45, 2.75) is 21.7 Å². The summed E-state index contributed by atoms with van der Waals surface area (Å²) in [7, 11) is 0. The summed E-state index contributed by atoms with van der Waals surface area (Å²) < 4.78 is 5.51. The number of nitrogens with two attached hydrogens (primary N) is 1. The Balaban J connectivity index is 0.00000468. The van der Waals surface area contributed by atoms with Gasteiger partial charge in [-0.25, -0.2) is 9.97 Å². The number of hydrogen-bond donors (Lipinski definition) is 4. The normalized spacial score (nSPS) is 17.2. The van der Waals surface area contributed by atoms with Crippen molar-refractivity contribution in [3.63, 3.8) is 0 Å². The van der Waals surface area contributed by atoms with Crippen molar-refractivity contribution in [1.29, 1.82) is 0 Å². The Morgan fingerprint density at radius 3 is 2.84 bits per heavy atom. The summed E-state index contributed by atoms with van der Waals surface area (Å²) in [6.45, 7) is -0.0114. The maximum Gasteiger partial charge on any atom is 1.00 e. The second kappa shape index (κ2) is 16.2. The van der Waals surface area contributed by atoms with Gasteiger partial charge < -0.3 is 40.3 Å². The van der Waals surface area contributed by atoms with Crippen LogP contribution in [-0.4, -0.2) is 93.9 Å². The number of carbonyl (C=O) groups is 3. The van der Waals surface area contributed by atoms with Crippen molar-refractivity contribution in [2.24, 2.45) is 5.16 Å². The zero-order valence-corrected chi connectivity index (χ0v) is 30.5. The average molecular weight is 752 g/mol. The Morgan fingerprint density at radius 2 is 2.12 bits per heavy atom. The molecule has 6 heterocycles. The number of aromatic amines is 1. The van der Waals surface area contributed by atoms with E-state index in [1.807, 2.05) is 6.07 Å². The SMILES string of the molecule is Nc1nc(/C(=N/OCCSc2nnc(-c3cc(=O)c(O)c[nH]3)o2)C(=O)N[C@@H]2C(=O)N3C(C(=O)[O-])=C(CSc4ccccn4)CS[C@H]23)cs1.[Na+]. The van der Waals surface area contributed by atoms with E-state index in [4.69, 9.17) is 15.0 Å². The number of rotatable bonds is 13. The van der Waals surface area contributed by atoms with Crippen LogP contribution in [0.2, 0.25) is 0 Å². The summed E-state index contributed by atoms with van der Waals surface area (Å²) in [5.74, 6) is -2.40. The minimum Gasteiger partial charge on any atom is -0.543 e. The standard InChI is InChI=1S/C27H23N9O8S4.Na/c28-26-31-14(11-48-26)18(35-43-5-6-45-27-34-33-22(44-27)13-7-15(37)16(38)8-30-13)21(39)32-19-23(40)36-20(25(41)42)12(10-47-24(19)36)9-46-17-3-1-2-4-29-17;/h1-4,7-8,11,19,24,38H,5-6,9-10H2,(H2,28,31)(H,30,37)(H,32,39)(H,41,42);/q;+1/p-1/b35-18-;/t19-,24-;/m1./s1. The van der Waals surface area contributed by atoms with Gasteiger partial charge in [-0.3, -0.25) is 19.3 Å². The Morgan fingerprint density at radius 1 is 1.29 bits per heavy atom. The number of aromatic hydroxyl groups is 1. The molecule has 4 aromatic heterocycles. The summed E-state index contributed by atoms with van der Waals surface area (Å²) in [4.78, 5) is 67.9. The zero-order valence-electron chi connectivity index (χ0n) is 25.2. The summed E-state index contributed by atoms with van der Waals surface area (Å²) in [5, 5.41) is 37.7. The van der Waals surface area contributed by atoms with E-state index < -0.39 is 40.4 Å². The quantitative estimate of drug-likeness (QED) is 0.0270. The molecule has 1 saturated heterocycles. The molecule has 0 spiro atoms. The fraction of sp³-hybridized carbons (Fsp3) is 0.222. The number of oxime groups is 1. The number of carboxylic acids is 1. The monoisotopic (exact) mass is 751 g/mol. The number of carbonyl (C=O) groups excluding carboxylic acids is 3. The zero-order chi connectivity index (χ0) is 33.8. The van der Waals surface area contributed by atoms with Crippen LogP contribution < -0.4 is 51.1 Å². The van der Waals surface area contributed by atoms with E-state index in [0.29, 0.717) is 22.1 Å². The molecule has 0 bridgehead atoms. The number of fused-ring (bicyclic) bond motifs is 1. The van der Waals surface area contributed by atoms with Crippen molar-refractivity contribution in [3.05, 3.63) is 69.2 Å². The predicted octanol–water partition coefficient (Wildman–Crippen LogP) is -2.72. The minimum absolute atomic E-state index is 0.